The van der Waals surface area contributed by atoms with Crippen molar-refractivity contribution in [1.82, 2.24) is 4.90 Å². The maximum Gasteiger partial charge on any atom is 0.347 e. The average Bonchev–Trinajstić information content (AvgIpc) is 3.19. The van der Waals surface area contributed by atoms with Crippen LogP contribution >= 0.6 is 11.3 Å². The van der Waals surface area contributed by atoms with E-state index in [-0.39, 0.29) is 17.8 Å². The molecular formula is C15H17NO5S. The summed E-state index contributed by atoms with van der Waals surface area (Å²) in [6.07, 6.45) is 0.814. The van der Waals surface area contributed by atoms with Crippen LogP contribution in [0, 0.1) is 5.92 Å². The number of amides is 1. The lowest BCUT2D eigenvalue weighted by molar-refractivity contribution is -0.164. The molecule has 1 aromatic heterocycles. The van der Waals surface area contributed by atoms with Crippen LogP contribution in [0.15, 0.2) is 17.5 Å². The van der Waals surface area contributed by atoms with Crippen LogP contribution in [0.5, 0.6) is 0 Å². The molecule has 1 amide bonds. The Morgan fingerprint density at radius 3 is 2.64 bits per heavy atom. The Hall–Kier alpha value is -1.89. The first-order valence-corrected chi connectivity index (χ1v) is 8.23. The zero-order chi connectivity index (χ0) is 15.5. The number of cyclic esters (lactones) is 1. The average molecular weight is 323 g/mol. The molecule has 1 atom stereocenters. The predicted molar refractivity (Wildman–Crippen MR) is 78.4 cm³/mol. The molecule has 3 heterocycles. The summed E-state index contributed by atoms with van der Waals surface area (Å²) in [7, 11) is 0. The number of rotatable bonds is 3. The summed E-state index contributed by atoms with van der Waals surface area (Å²) in [4.78, 5) is 38.1. The Kier molecular flexibility index (Phi) is 4.42. The monoisotopic (exact) mass is 323 g/mol. The third-order valence-electron chi connectivity index (χ3n) is 3.99. The first-order valence-electron chi connectivity index (χ1n) is 7.35. The second kappa shape index (κ2) is 6.48. The van der Waals surface area contributed by atoms with Gasteiger partial charge in [0.05, 0.1) is 17.4 Å². The first-order chi connectivity index (χ1) is 10.6. The van der Waals surface area contributed by atoms with Crippen molar-refractivity contribution in [2.24, 2.45) is 5.92 Å². The lowest BCUT2D eigenvalue weighted by atomic mass is 9.97. The van der Waals surface area contributed by atoms with Crippen molar-refractivity contribution < 1.29 is 23.9 Å². The summed E-state index contributed by atoms with van der Waals surface area (Å²) in [6, 6.07) is 3.65. The van der Waals surface area contributed by atoms with Gasteiger partial charge in [-0.3, -0.25) is 9.59 Å². The van der Waals surface area contributed by atoms with Crippen LogP contribution in [-0.4, -0.2) is 48.5 Å². The van der Waals surface area contributed by atoms with Crippen LogP contribution in [0.3, 0.4) is 0 Å². The summed E-state index contributed by atoms with van der Waals surface area (Å²) in [5.74, 6) is -1.05. The van der Waals surface area contributed by atoms with E-state index in [9.17, 15) is 14.4 Å². The number of hydrogen-bond acceptors (Lipinski definition) is 6. The topological polar surface area (TPSA) is 72.9 Å². The molecule has 2 aliphatic heterocycles. The Morgan fingerprint density at radius 2 is 2.05 bits per heavy atom. The van der Waals surface area contributed by atoms with E-state index in [0.717, 1.165) is 4.88 Å². The fourth-order valence-electron chi connectivity index (χ4n) is 2.70. The van der Waals surface area contributed by atoms with E-state index in [1.807, 2.05) is 11.4 Å². The number of esters is 2. The minimum Gasteiger partial charge on any atom is -0.463 e. The minimum atomic E-state index is -0.752. The number of hydrogen-bond donors (Lipinski definition) is 0. The van der Waals surface area contributed by atoms with Gasteiger partial charge in [-0.25, -0.2) is 4.79 Å². The summed E-state index contributed by atoms with van der Waals surface area (Å²) >= 11 is 1.42. The van der Waals surface area contributed by atoms with Crippen LogP contribution in [0.25, 0.3) is 0 Å². The van der Waals surface area contributed by atoms with Gasteiger partial charge in [0.2, 0.25) is 6.10 Å². The molecular weight excluding hydrogens is 306 g/mol. The Bertz CT molecular complexity index is 562. The van der Waals surface area contributed by atoms with Gasteiger partial charge >= 0.3 is 11.9 Å². The van der Waals surface area contributed by atoms with Gasteiger partial charge in [-0.15, -0.1) is 11.3 Å². The maximum absolute atomic E-state index is 12.2. The molecule has 0 N–H and O–H groups in total. The van der Waals surface area contributed by atoms with Crippen molar-refractivity contribution in [3.05, 3.63) is 22.4 Å². The van der Waals surface area contributed by atoms with Crippen molar-refractivity contribution in [1.29, 1.82) is 0 Å². The molecule has 6 nitrogen and oxygen atoms in total. The van der Waals surface area contributed by atoms with Gasteiger partial charge in [-0.05, 0) is 24.3 Å². The molecule has 0 aliphatic carbocycles. The molecule has 0 saturated carbocycles. The van der Waals surface area contributed by atoms with Gasteiger partial charge in [0.1, 0.15) is 0 Å². The van der Waals surface area contributed by atoms with Crippen LogP contribution in [0.1, 0.15) is 28.9 Å². The number of nitrogens with zero attached hydrogens (tertiary/aromatic N) is 1. The van der Waals surface area contributed by atoms with E-state index in [1.165, 1.54) is 11.3 Å². The molecule has 22 heavy (non-hydrogen) atoms. The van der Waals surface area contributed by atoms with E-state index < -0.39 is 12.1 Å². The first kappa shape index (κ1) is 15.0. The highest BCUT2D eigenvalue weighted by atomic mass is 32.1. The standard InChI is InChI=1S/C15H17NO5S/c17-13(12-2-1-9-22-12)16-6-3-10(4-7-16)14(18)21-11-5-8-20-15(11)19/h1-2,9-11H,3-8H2/t11-/m1/s1. The Balaban J connectivity index is 1.50. The molecule has 1 aromatic rings. The van der Waals surface area contributed by atoms with E-state index in [2.05, 4.69) is 0 Å². The molecule has 0 radical (unpaired) electrons. The maximum atomic E-state index is 12.2. The lowest BCUT2D eigenvalue weighted by Gasteiger charge is -2.30. The highest BCUT2D eigenvalue weighted by molar-refractivity contribution is 7.12. The molecule has 2 aliphatic rings. The summed E-state index contributed by atoms with van der Waals surface area (Å²) in [5.41, 5.74) is 0. The number of thiophene rings is 1. The number of likely N-dealkylation sites (tertiary alicyclic amines) is 1. The van der Waals surface area contributed by atoms with E-state index >= 15 is 0 Å². The number of ether oxygens (including phenoxy) is 2. The third kappa shape index (κ3) is 3.14. The van der Waals surface area contributed by atoms with Gasteiger partial charge in [0.25, 0.3) is 5.91 Å². The molecule has 2 fully saturated rings. The van der Waals surface area contributed by atoms with Gasteiger partial charge in [-0.2, -0.15) is 0 Å². The van der Waals surface area contributed by atoms with Crippen molar-refractivity contribution in [3.63, 3.8) is 0 Å². The van der Waals surface area contributed by atoms with Crippen molar-refractivity contribution >= 4 is 29.2 Å². The number of carbonyl (C=O) groups excluding carboxylic acids is 3. The third-order valence-corrected chi connectivity index (χ3v) is 4.85. The molecule has 118 valence electrons. The van der Waals surface area contributed by atoms with Gasteiger partial charge in [0, 0.05) is 19.5 Å². The second-order valence-corrected chi connectivity index (χ2v) is 6.37. The zero-order valence-corrected chi connectivity index (χ0v) is 12.8. The molecule has 0 spiro atoms. The van der Waals surface area contributed by atoms with Crippen LogP contribution in [0.2, 0.25) is 0 Å². The van der Waals surface area contributed by atoms with Crippen LogP contribution in [-0.2, 0) is 19.1 Å². The number of piperidine rings is 1. The summed E-state index contributed by atoms with van der Waals surface area (Å²) < 4.78 is 9.99. The van der Waals surface area contributed by atoms with Gasteiger partial charge < -0.3 is 14.4 Å². The normalized spacial score (nSPS) is 22.5. The fourth-order valence-corrected chi connectivity index (χ4v) is 3.39. The molecule has 0 aromatic carbocycles. The van der Waals surface area contributed by atoms with Crippen LogP contribution < -0.4 is 0 Å². The highest BCUT2D eigenvalue weighted by Crippen LogP contribution is 2.23. The number of carbonyl (C=O) groups is 3. The SMILES string of the molecule is O=C(O[C@@H]1CCOC1=O)C1CCN(C(=O)c2cccs2)CC1. The van der Waals surface area contributed by atoms with Crippen molar-refractivity contribution in [3.8, 4) is 0 Å². The molecule has 7 heteroatoms. The van der Waals surface area contributed by atoms with E-state index in [4.69, 9.17) is 9.47 Å². The van der Waals surface area contributed by atoms with Gasteiger partial charge in [0.15, 0.2) is 0 Å². The summed E-state index contributed by atoms with van der Waals surface area (Å²) in [6.45, 7) is 1.38. The second-order valence-electron chi connectivity index (χ2n) is 5.43. The summed E-state index contributed by atoms with van der Waals surface area (Å²) in [5, 5.41) is 1.87. The Labute approximate surface area is 132 Å². The predicted octanol–water partition coefficient (Wildman–Crippen LogP) is 1.46. The van der Waals surface area contributed by atoms with Crippen LogP contribution in [0.4, 0.5) is 0 Å². The highest BCUT2D eigenvalue weighted by Gasteiger charge is 2.34. The van der Waals surface area contributed by atoms with E-state index in [1.54, 1.807) is 11.0 Å². The Morgan fingerprint density at radius 1 is 1.27 bits per heavy atom. The minimum absolute atomic E-state index is 0.0150. The van der Waals surface area contributed by atoms with Gasteiger partial charge in [-0.1, -0.05) is 6.07 Å². The van der Waals surface area contributed by atoms with Crippen molar-refractivity contribution in [2.75, 3.05) is 19.7 Å². The molecule has 2 saturated heterocycles. The van der Waals surface area contributed by atoms with Crippen molar-refractivity contribution in [2.45, 2.75) is 25.4 Å². The zero-order valence-electron chi connectivity index (χ0n) is 12.0. The molecule has 0 unspecified atom stereocenters. The smallest absolute Gasteiger partial charge is 0.347 e. The largest absolute Gasteiger partial charge is 0.463 e. The quantitative estimate of drug-likeness (QED) is 0.788. The lowest BCUT2D eigenvalue weighted by Crippen LogP contribution is -2.41. The molecule has 0 bridgehead atoms. The fraction of sp³-hybridized carbons (Fsp3) is 0.533. The molecule has 3 rings (SSSR count). The van der Waals surface area contributed by atoms with E-state index in [0.29, 0.717) is 39.0 Å².